The summed E-state index contributed by atoms with van der Waals surface area (Å²) < 4.78 is 0.854. The summed E-state index contributed by atoms with van der Waals surface area (Å²) in [5.41, 5.74) is 4.05. The van der Waals surface area contributed by atoms with Gasteiger partial charge in [-0.15, -0.1) is 0 Å². The van der Waals surface area contributed by atoms with Gasteiger partial charge in [-0.05, 0) is 55.8 Å². The Morgan fingerprint density at radius 1 is 0.906 bits per heavy atom. The first-order valence-corrected chi connectivity index (χ1v) is 11.2. The van der Waals surface area contributed by atoms with Gasteiger partial charge in [0, 0.05) is 16.6 Å². The summed E-state index contributed by atoms with van der Waals surface area (Å²) in [7, 11) is 0. The Kier molecular flexibility index (Phi) is 6.24. The van der Waals surface area contributed by atoms with E-state index in [0.29, 0.717) is 11.3 Å². The van der Waals surface area contributed by atoms with Gasteiger partial charge in [-0.3, -0.25) is 14.4 Å². The molecule has 1 heterocycles. The summed E-state index contributed by atoms with van der Waals surface area (Å²) in [5.74, 6) is -0.966. The smallest absolute Gasteiger partial charge is 0.257 e. The second kappa shape index (κ2) is 9.09. The number of amides is 3. The van der Waals surface area contributed by atoms with Crippen molar-refractivity contribution in [2.45, 2.75) is 32.9 Å². The molecule has 0 N–H and O–H groups in total. The fourth-order valence-electron chi connectivity index (χ4n) is 3.80. The molecule has 32 heavy (non-hydrogen) atoms. The standard InChI is InChI=1S/C26H23BrN2O3/c1-17-3-7-19(8-4-17)16-28(25(31)20-9-5-18(2)6-10-20)23-15-24(30)29(26(23)32)22-13-11-21(27)12-14-22/h3-14,23H,15-16H2,1-2H3. The van der Waals surface area contributed by atoms with E-state index in [1.165, 1.54) is 9.80 Å². The molecule has 0 saturated carbocycles. The number of hydrogen-bond acceptors (Lipinski definition) is 3. The van der Waals surface area contributed by atoms with Gasteiger partial charge in [0.25, 0.3) is 11.8 Å². The van der Waals surface area contributed by atoms with E-state index in [-0.39, 0.29) is 30.7 Å². The molecule has 0 radical (unpaired) electrons. The molecule has 3 aromatic carbocycles. The van der Waals surface area contributed by atoms with Crippen molar-refractivity contribution in [2.24, 2.45) is 0 Å². The van der Waals surface area contributed by atoms with Crippen molar-refractivity contribution < 1.29 is 14.4 Å². The second-order valence-corrected chi connectivity index (χ2v) is 8.96. The average Bonchev–Trinajstić information content (AvgIpc) is 3.08. The normalized spacial score (nSPS) is 15.8. The minimum atomic E-state index is -0.860. The number of nitrogens with zero attached hydrogens (tertiary/aromatic N) is 2. The van der Waals surface area contributed by atoms with E-state index in [1.54, 1.807) is 36.4 Å². The molecule has 3 aromatic rings. The van der Waals surface area contributed by atoms with E-state index in [2.05, 4.69) is 15.9 Å². The van der Waals surface area contributed by atoms with E-state index in [4.69, 9.17) is 0 Å². The summed E-state index contributed by atoms with van der Waals surface area (Å²) in [5, 5.41) is 0. The molecule has 3 amide bonds. The Labute approximate surface area is 195 Å². The first-order chi connectivity index (χ1) is 15.3. The Hall–Kier alpha value is -3.25. The molecule has 162 valence electrons. The van der Waals surface area contributed by atoms with Crippen LogP contribution in [-0.4, -0.2) is 28.7 Å². The van der Waals surface area contributed by atoms with Crippen LogP contribution in [0.15, 0.2) is 77.3 Å². The van der Waals surface area contributed by atoms with Crippen LogP contribution in [0, 0.1) is 13.8 Å². The minimum absolute atomic E-state index is 0.0433. The number of carbonyl (C=O) groups is 3. The highest BCUT2D eigenvalue weighted by molar-refractivity contribution is 9.10. The van der Waals surface area contributed by atoms with Gasteiger partial charge in [0.2, 0.25) is 5.91 Å². The van der Waals surface area contributed by atoms with Crippen molar-refractivity contribution in [1.82, 2.24) is 4.90 Å². The molecule has 0 aromatic heterocycles. The Morgan fingerprint density at radius 3 is 2.06 bits per heavy atom. The van der Waals surface area contributed by atoms with Crippen molar-refractivity contribution in [3.63, 3.8) is 0 Å². The number of anilines is 1. The lowest BCUT2D eigenvalue weighted by Crippen LogP contribution is -2.45. The molecule has 0 bridgehead atoms. The van der Waals surface area contributed by atoms with Gasteiger partial charge >= 0.3 is 0 Å². The molecule has 5 nitrogen and oxygen atoms in total. The summed E-state index contributed by atoms with van der Waals surface area (Å²) in [4.78, 5) is 42.4. The van der Waals surface area contributed by atoms with Crippen LogP contribution in [0.1, 0.15) is 33.5 Å². The van der Waals surface area contributed by atoms with Gasteiger partial charge in [-0.1, -0.05) is 63.5 Å². The zero-order valence-corrected chi connectivity index (χ0v) is 19.5. The maximum absolute atomic E-state index is 13.5. The van der Waals surface area contributed by atoms with Crippen LogP contribution in [0.3, 0.4) is 0 Å². The first kappa shape index (κ1) is 22.0. The summed E-state index contributed by atoms with van der Waals surface area (Å²) in [6, 6.07) is 21.2. The predicted molar refractivity (Wildman–Crippen MR) is 127 cm³/mol. The fraction of sp³-hybridized carbons (Fsp3) is 0.192. The fourth-order valence-corrected chi connectivity index (χ4v) is 4.06. The summed E-state index contributed by atoms with van der Waals surface area (Å²) >= 11 is 3.37. The minimum Gasteiger partial charge on any atom is -0.322 e. The molecule has 4 rings (SSSR count). The number of aryl methyl sites for hydroxylation is 2. The molecule has 1 saturated heterocycles. The van der Waals surface area contributed by atoms with Crippen LogP contribution in [0.25, 0.3) is 0 Å². The van der Waals surface area contributed by atoms with Crippen LogP contribution < -0.4 is 4.90 Å². The zero-order valence-electron chi connectivity index (χ0n) is 17.9. The molecule has 6 heteroatoms. The molecule has 1 fully saturated rings. The van der Waals surface area contributed by atoms with Crippen molar-refractivity contribution in [3.8, 4) is 0 Å². The highest BCUT2D eigenvalue weighted by Crippen LogP contribution is 2.29. The van der Waals surface area contributed by atoms with Gasteiger partial charge in [0.1, 0.15) is 6.04 Å². The number of benzene rings is 3. The number of imide groups is 1. The van der Waals surface area contributed by atoms with E-state index in [1.807, 2.05) is 50.2 Å². The number of rotatable bonds is 5. The summed E-state index contributed by atoms with van der Waals surface area (Å²) in [6.45, 7) is 4.19. The number of hydrogen-bond donors (Lipinski definition) is 0. The van der Waals surface area contributed by atoms with Crippen LogP contribution in [-0.2, 0) is 16.1 Å². The lowest BCUT2D eigenvalue weighted by atomic mass is 10.1. The molecular formula is C26H23BrN2O3. The predicted octanol–water partition coefficient (Wildman–Crippen LogP) is 5.04. The maximum Gasteiger partial charge on any atom is 0.257 e. The molecule has 1 atom stereocenters. The molecule has 1 aliphatic rings. The van der Waals surface area contributed by atoms with Crippen LogP contribution in [0.2, 0.25) is 0 Å². The first-order valence-electron chi connectivity index (χ1n) is 10.4. The average molecular weight is 491 g/mol. The monoisotopic (exact) mass is 490 g/mol. The highest BCUT2D eigenvalue weighted by atomic mass is 79.9. The topological polar surface area (TPSA) is 57.7 Å². The van der Waals surface area contributed by atoms with Gasteiger partial charge in [-0.2, -0.15) is 0 Å². The second-order valence-electron chi connectivity index (χ2n) is 8.05. The maximum atomic E-state index is 13.5. The molecule has 0 spiro atoms. The third-order valence-electron chi connectivity index (χ3n) is 5.62. The van der Waals surface area contributed by atoms with Crippen molar-refractivity contribution >= 4 is 39.3 Å². The van der Waals surface area contributed by atoms with Crippen molar-refractivity contribution in [1.29, 1.82) is 0 Å². The Balaban J connectivity index is 1.68. The highest BCUT2D eigenvalue weighted by Gasteiger charge is 2.44. The third-order valence-corrected chi connectivity index (χ3v) is 6.15. The van der Waals surface area contributed by atoms with Gasteiger partial charge in [0.05, 0.1) is 12.1 Å². The lowest BCUT2D eigenvalue weighted by molar-refractivity contribution is -0.122. The SMILES string of the molecule is Cc1ccc(CN(C(=O)c2ccc(C)cc2)C2CC(=O)N(c3ccc(Br)cc3)C2=O)cc1. The third kappa shape index (κ3) is 4.50. The molecule has 1 aliphatic heterocycles. The van der Waals surface area contributed by atoms with E-state index in [9.17, 15) is 14.4 Å². The molecule has 1 unspecified atom stereocenters. The Morgan fingerprint density at radius 2 is 1.47 bits per heavy atom. The quantitative estimate of drug-likeness (QED) is 0.470. The van der Waals surface area contributed by atoms with Crippen LogP contribution >= 0.6 is 15.9 Å². The van der Waals surface area contributed by atoms with Crippen LogP contribution in [0.5, 0.6) is 0 Å². The largest absolute Gasteiger partial charge is 0.322 e. The van der Waals surface area contributed by atoms with E-state index >= 15 is 0 Å². The van der Waals surface area contributed by atoms with Gasteiger partial charge < -0.3 is 4.90 Å². The number of halogens is 1. The molecule has 0 aliphatic carbocycles. The van der Waals surface area contributed by atoms with Gasteiger partial charge in [0.15, 0.2) is 0 Å². The number of carbonyl (C=O) groups excluding carboxylic acids is 3. The molecular weight excluding hydrogens is 468 g/mol. The van der Waals surface area contributed by atoms with E-state index < -0.39 is 6.04 Å². The van der Waals surface area contributed by atoms with Gasteiger partial charge in [-0.25, -0.2) is 4.90 Å². The van der Waals surface area contributed by atoms with Crippen molar-refractivity contribution in [2.75, 3.05) is 4.90 Å². The van der Waals surface area contributed by atoms with Crippen molar-refractivity contribution in [3.05, 3.63) is 99.5 Å². The zero-order chi connectivity index (χ0) is 22.8. The lowest BCUT2D eigenvalue weighted by Gasteiger charge is -2.28. The Bertz CT molecular complexity index is 1160. The van der Waals surface area contributed by atoms with E-state index in [0.717, 1.165) is 21.2 Å². The van der Waals surface area contributed by atoms with Crippen LogP contribution in [0.4, 0.5) is 5.69 Å². The summed E-state index contributed by atoms with van der Waals surface area (Å²) in [6.07, 6.45) is -0.0433.